The molecule has 0 unspecified atom stereocenters. The Kier molecular flexibility index (Phi) is 6.28. The van der Waals surface area contributed by atoms with Gasteiger partial charge in [-0.2, -0.15) is 0 Å². The van der Waals surface area contributed by atoms with Gasteiger partial charge in [-0.15, -0.1) is 0 Å². The number of hydrogen-bond acceptors (Lipinski definition) is 5. The summed E-state index contributed by atoms with van der Waals surface area (Å²) in [4.78, 5) is 26.3. The van der Waals surface area contributed by atoms with Crippen LogP contribution in [0.3, 0.4) is 0 Å². The van der Waals surface area contributed by atoms with Gasteiger partial charge >= 0.3 is 0 Å². The maximum Gasteiger partial charge on any atom is 0.266 e. The highest BCUT2D eigenvalue weighted by Crippen LogP contribution is 2.29. The van der Waals surface area contributed by atoms with E-state index in [0.29, 0.717) is 33.8 Å². The SMILES string of the molecule is COc1ccc(NC(=O)Cn2c(=S)n(-c3ccccc3)c(=O)c3cc(C)ccc32)cc1OC. The van der Waals surface area contributed by atoms with E-state index in [1.54, 1.807) is 29.9 Å². The van der Waals surface area contributed by atoms with Crippen molar-refractivity contribution in [1.82, 2.24) is 9.13 Å². The number of carbonyl (C=O) groups excluding carboxylic acids is 1. The van der Waals surface area contributed by atoms with Crippen molar-refractivity contribution in [2.24, 2.45) is 0 Å². The fourth-order valence-electron chi connectivity index (χ4n) is 3.70. The summed E-state index contributed by atoms with van der Waals surface area (Å²) in [5.74, 6) is 0.776. The first-order valence-corrected chi connectivity index (χ1v) is 10.7. The number of rotatable bonds is 6. The fraction of sp³-hybridized carbons (Fsp3) is 0.160. The average Bonchev–Trinajstić information content (AvgIpc) is 2.82. The van der Waals surface area contributed by atoms with Crippen LogP contribution < -0.4 is 20.3 Å². The van der Waals surface area contributed by atoms with Crippen molar-refractivity contribution < 1.29 is 14.3 Å². The molecule has 8 heteroatoms. The van der Waals surface area contributed by atoms with Gasteiger partial charge in [-0.05, 0) is 55.5 Å². The molecule has 0 radical (unpaired) electrons. The number of anilines is 1. The Morgan fingerprint density at radius 2 is 1.70 bits per heavy atom. The summed E-state index contributed by atoms with van der Waals surface area (Å²) in [6.07, 6.45) is 0. The minimum absolute atomic E-state index is 0.0696. The number of carbonyl (C=O) groups is 1. The zero-order chi connectivity index (χ0) is 23.5. The molecule has 0 saturated heterocycles. The van der Waals surface area contributed by atoms with Crippen molar-refractivity contribution in [1.29, 1.82) is 0 Å². The predicted molar refractivity (Wildman–Crippen MR) is 131 cm³/mol. The Bertz CT molecular complexity index is 1460. The monoisotopic (exact) mass is 461 g/mol. The van der Waals surface area contributed by atoms with Crippen LogP contribution in [0.1, 0.15) is 5.56 Å². The number of benzene rings is 3. The second kappa shape index (κ2) is 9.30. The lowest BCUT2D eigenvalue weighted by molar-refractivity contribution is -0.116. The van der Waals surface area contributed by atoms with E-state index < -0.39 is 0 Å². The van der Waals surface area contributed by atoms with Crippen molar-refractivity contribution in [2.45, 2.75) is 13.5 Å². The molecular formula is C25H23N3O4S. The number of methoxy groups -OCH3 is 2. The first-order valence-electron chi connectivity index (χ1n) is 10.3. The Morgan fingerprint density at radius 3 is 2.39 bits per heavy atom. The van der Waals surface area contributed by atoms with Crippen molar-refractivity contribution in [2.75, 3.05) is 19.5 Å². The molecule has 0 bridgehead atoms. The topological polar surface area (TPSA) is 74.5 Å². The van der Waals surface area contributed by atoms with E-state index in [2.05, 4.69) is 5.32 Å². The molecule has 1 N–H and O–H groups in total. The van der Waals surface area contributed by atoms with Gasteiger partial charge in [0.25, 0.3) is 5.56 Å². The van der Waals surface area contributed by atoms with Gasteiger partial charge in [-0.3, -0.25) is 14.2 Å². The van der Waals surface area contributed by atoms with Gasteiger partial charge in [-0.1, -0.05) is 29.8 Å². The number of ether oxygens (including phenoxy) is 2. The predicted octanol–water partition coefficient (Wildman–Crippen LogP) is 4.49. The molecule has 4 aromatic rings. The summed E-state index contributed by atoms with van der Waals surface area (Å²) < 4.78 is 13.9. The zero-order valence-electron chi connectivity index (χ0n) is 18.5. The molecule has 0 aliphatic rings. The fourth-order valence-corrected chi connectivity index (χ4v) is 4.05. The summed E-state index contributed by atoms with van der Waals surface area (Å²) in [6, 6.07) is 19.8. The number of nitrogens with one attached hydrogen (secondary N) is 1. The largest absolute Gasteiger partial charge is 0.493 e. The Labute approximate surface area is 195 Å². The molecule has 4 rings (SSSR count). The van der Waals surface area contributed by atoms with Crippen LogP contribution in [0.2, 0.25) is 0 Å². The quantitative estimate of drug-likeness (QED) is 0.429. The van der Waals surface area contributed by atoms with E-state index in [-0.39, 0.29) is 22.8 Å². The second-order valence-corrected chi connectivity index (χ2v) is 7.85. The Hall–Kier alpha value is -3.91. The van der Waals surface area contributed by atoms with Crippen LogP contribution in [0.4, 0.5) is 5.69 Å². The number of aryl methyl sites for hydroxylation is 1. The molecule has 0 aliphatic heterocycles. The summed E-state index contributed by atoms with van der Waals surface area (Å²) in [5, 5.41) is 3.36. The minimum Gasteiger partial charge on any atom is -0.493 e. The number of hydrogen-bond donors (Lipinski definition) is 1. The number of amides is 1. The lowest BCUT2D eigenvalue weighted by Crippen LogP contribution is -2.27. The van der Waals surface area contributed by atoms with Crippen LogP contribution >= 0.6 is 12.2 Å². The smallest absolute Gasteiger partial charge is 0.266 e. The lowest BCUT2D eigenvalue weighted by atomic mass is 10.1. The summed E-state index contributed by atoms with van der Waals surface area (Å²) in [6.45, 7) is 1.85. The molecule has 7 nitrogen and oxygen atoms in total. The molecule has 3 aromatic carbocycles. The molecular weight excluding hydrogens is 438 g/mol. The van der Waals surface area contributed by atoms with E-state index in [9.17, 15) is 9.59 Å². The lowest BCUT2D eigenvalue weighted by Gasteiger charge is -2.17. The average molecular weight is 462 g/mol. The highest BCUT2D eigenvalue weighted by molar-refractivity contribution is 7.71. The maximum atomic E-state index is 13.3. The van der Waals surface area contributed by atoms with E-state index >= 15 is 0 Å². The normalized spacial score (nSPS) is 10.8. The second-order valence-electron chi connectivity index (χ2n) is 7.48. The van der Waals surface area contributed by atoms with Crippen molar-refractivity contribution in [3.63, 3.8) is 0 Å². The molecule has 1 heterocycles. The minimum atomic E-state index is -0.293. The Morgan fingerprint density at radius 1 is 0.970 bits per heavy atom. The van der Waals surface area contributed by atoms with Gasteiger partial charge in [0.05, 0.1) is 30.8 Å². The van der Waals surface area contributed by atoms with Gasteiger partial charge in [0.1, 0.15) is 6.54 Å². The van der Waals surface area contributed by atoms with Gasteiger partial charge in [0.15, 0.2) is 16.3 Å². The van der Waals surface area contributed by atoms with Gasteiger partial charge in [-0.25, -0.2) is 0 Å². The third kappa shape index (κ3) is 4.38. The molecule has 1 amide bonds. The van der Waals surface area contributed by atoms with Crippen molar-refractivity contribution >= 4 is 34.7 Å². The third-order valence-electron chi connectivity index (χ3n) is 5.28. The molecule has 0 atom stereocenters. The number of fused-ring (bicyclic) bond motifs is 1. The molecule has 0 saturated carbocycles. The van der Waals surface area contributed by atoms with Crippen LogP contribution in [0.5, 0.6) is 11.5 Å². The number of nitrogens with zero attached hydrogens (tertiary/aromatic N) is 2. The molecule has 0 fully saturated rings. The highest BCUT2D eigenvalue weighted by Gasteiger charge is 2.15. The van der Waals surface area contributed by atoms with Crippen LogP contribution in [-0.4, -0.2) is 29.3 Å². The summed E-state index contributed by atoms with van der Waals surface area (Å²) in [5.41, 5.74) is 2.52. The van der Waals surface area contributed by atoms with E-state index in [1.807, 2.05) is 55.5 Å². The van der Waals surface area contributed by atoms with Crippen molar-refractivity contribution in [3.8, 4) is 17.2 Å². The first-order chi connectivity index (χ1) is 15.9. The standard InChI is InChI=1S/C25H23N3O4S/c1-16-9-11-20-19(13-16)24(30)28(18-7-5-4-6-8-18)25(33)27(20)15-23(29)26-17-10-12-21(31-2)22(14-17)32-3/h4-14H,15H2,1-3H3,(H,26,29). The highest BCUT2D eigenvalue weighted by atomic mass is 32.1. The van der Waals surface area contributed by atoms with Crippen LogP contribution in [0.25, 0.3) is 16.6 Å². The van der Waals surface area contributed by atoms with E-state index in [1.165, 1.54) is 11.7 Å². The number of aromatic nitrogens is 2. The van der Waals surface area contributed by atoms with E-state index in [4.69, 9.17) is 21.7 Å². The molecule has 0 aliphatic carbocycles. The van der Waals surface area contributed by atoms with E-state index in [0.717, 1.165) is 5.56 Å². The van der Waals surface area contributed by atoms with Crippen LogP contribution in [-0.2, 0) is 11.3 Å². The molecule has 168 valence electrons. The third-order valence-corrected chi connectivity index (χ3v) is 5.68. The van der Waals surface area contributed by atoms with Gasteiger partial charge in [0.2, 0.25) is 5.91 Å². The van der Waals surface area contributed by atoms with Crippen LogP contribution in [0, 0.1) is 11.7 Å². The summed E-state index contributed by atoms with van der Waals surface area (Å²) in [7, 11) is 3.08. The first kappa shape index (κ1) is 22.3. The van der Waals surface area contributed by atoms with Gasteiger partial charge in [0, 0.05) is 11.8 Å². The van der Waals surface area contributed by atoms with Crippen molar-refractivity contribution in [3.05, 3.63) is 87.4 Å². The Balaban J connectivity index is 1.78. The summed E-state index contributed by atoms with van der Waals surface area (Å²) >= 11 is 5.69. The molecule has 33 heavy (non-hydrogen) atoms. The zero-order valence-corrected chi connectivity index (χ0v) is 19.3. The van der Waals surface area contributed by atoms with Crippen LogP contribution in [0.15, 0.2) is 71.5 Å². The maximum absolute atomic E-state index is 13.3. The number of para-hydroxylation sites is 1. The van der Waals surface area contributed by atoms with Gasteiger partial charge < -0.3 is 19.4 Å². The molecule has 1 aromatic heterocycles. The molecule has 0 spiro atoms.